The molecule has 0 radical (unpaired) electrons. The molecule has 0 heterocycles. The van der Waals surface area contributed by atoms with Crippen molar-refractivity contribution in [3.8, 4) is 0 Å². The Morgan fingerprint density at radius 1 is 1.15 bits per heavy atom. The lowest BCUT2D eigenvalue weighted by atomic mass is 10.1. The fourth-order valence-electron chi connectivity index (χ4n) is 1.27. The van der Waals surface area contributed by atoms with Crippen LogP contribution in [0.15, 0.2) is 30.3 Å². The summed E-state index contributed by atoms with van der Waals surface area (Å²) in [6, 6.07) is 10.9. The van der Waals surface area contributed by atoms with E-state index in [1.54, 1.807) is 0 Å². The smallest absolute Gasteiger partial charge is 0.0292 e. The third-order valence-electron chi connectivity index (χ3n) is 2.13. The van der Waals surface area contributed by atoms with Gasteiger partial charge in [-0.05, 0) is 19.5 Å². The minimum Gasteiger partial charge on any atom is -0.318 e. The van der Waals surface area contributed by atoms with E-state index in [0.29, 0.717) is 6.04 Å². The van der Waals surface area contributed by atoms with Crippen molar-refractivity contribution in [1.29, 1.82) is 0 Å². The van der Waals surface area contributed by atoms with Gasteiger partial charge in [-0.2, -0.15) is 0 Å². The lowest BCUT2D eigenvalue weighted by Gasteiger charge is -2.13. The van der Waals surface area contributed by atoms with Crippen LogP contribution < -0.4 is 10.6 Å². The second kappa shape index (κ2) is 5.73. The molecule has 0 saturated heterocycles. The molecule has 0 bridgehead atoms. The van der Waals surface area contributed by atoms with Crippen molar-refractivity contribution in [1.82, 2.24) is 10.6 Å². The molecule has 0 spiro atoms. The molecule has 2 nitrogen and oxygen atoms in total. The van der Waals surface area contributed by atoms with E-state index in [9.17, 15) is 0 Å². The largest absolute Gasteiger partial charge is 0.318 e. The highest BCUT2D eigenvalue weighted by molar-refractivity contribution is 5.17. The van der Waals surface area contributed by atoms with Gasteiger partial charge in [-0.3, -0.25) is 0 Å². The van der Waals surface area contributed by atoms with E-state index in [1.165, 1.54) is 5.56 Å². The zero-order valence-electron chi connectivity index (χ0n) is 8.38. The van der Waals surface area contributed by atoms with Gasteiger partial charge in [0.1, 0.15) is 0 Å². The molecule has 0 aliphatic rings. The minimum absolute atomic E-state index is 0.439. The maximum atomic E-state index is 3.44. The third kappa shape index (κ3) is 3.57. The van der Waals surface area contributed by atoms with Gasteiger partial charge in [0.25, 0.3) is 0 Å². The Bertz CT molecular complexity index is 221. The molecule has 1 unspecified atom stereocenters. The quantitative estimate of drug-likeness (QED) is 0.669. The second-order valence-electron chi connectivity index (χ2n) is 3.19. The van der Waals surface area contributed by atoms with Gasteiger partial charge in [0.05, 0.1) is 0 Å². The van der Waals surface area contributed by atoms with Crippen molar-refractivity contribution in [3.63, 3.8) is 0 Å². The number of hydrogen-bond acceptors (Lipinski definition) is 2. The van der Waals surface area contributed by atoms with Gasteiger partial charge in [-0.25, -0.2) is 0 Å². The highest BCUT2D eigenvalue weighted by Gasteiger charge is 2.01. The highest BCUT2D eigenvalue weighted by Crippen LogP contribution is 2.09. The van der Waals surface area contributed by atoms with E-state index in [1.807, 2.05) is 13.1 Å². The Labute approximate surface area is 80.4 Å². The number of benzene rings is 1. The molecule has 2 N–H and O–H groups in total. The molecule has 0 aromatic heterocycles. The van der Waals surface area contributed by atoms with Crippen molar-refractivity contribution in [2.24, 2.45) is 0 Å². The van der Waals surface area contributed by atoms with Crippen molar-refractivity contribution in [3.05, 3.63) is 35.9 Å². The molecule has 1 aromatic rings. The fraction of sp³-hybridized carbons (Fsp3) is 0.455. The summed E-state index contributed by atoms with van der Waals surface area (Å²) in [6.45, 7) is 4.20. The average Bonchev–Trinajstić information content (AvgIpc) is 2.19. The van der Waals surface area contributed by atoms with Gasteiger partial charge in [0.15, 0.2) is 0 Å². The van der Waals surface area contributed by atoms with Crippen molar-refractivity contribution < 1.29 is 0 Å². The SMILES string of the molecule is CNCCNC(C)c1ccccc1. The Hall–Kier alpha value is -0.860. The Kier molecular flexibility index (Phi) is 4.50. The van der Waals surface area contributed by atoms with Crippen LogP contribution in [0.4, 0.5) is 0 Å². The first kappa shape index (κ1) is 10.2. The molecule has 0 amide bonds. The summed E-state index contributed by atoms with van der Waals surface area (Å²) in [6.07, 6.45) is 0. The monoisotopic (exact) mass is 178 g/mol. The van der Waals surface area contributed by atoms with Crippen LogP contribution in [-0.4, -0.2) is 20.1 Å². The van der Waals surface area contributed by atoms with Crippen LogP contribution in [0.5, 0.6) is 0 Å². The molecular weight excluding hydrogens is 160 g/mol. The van der Waals surface area contributed by atoms with E-state index in [0.717, 1.165) is 13.1 Å². The van der Waals surface area contributed by atoms with Crippen LogP contribution >= 0.6 is 0 Å². The lowest BCUT2D eigenvalue weighted by Crippen LogP contribution is -2.27. The van der Waals surface area contributed by atoms with Gasteiger partial charge < -0.3 is 10.6 Å². The molecule has 0 saturated carbocycles. The molecule has 0 aliphatic heterocycles. The predicted molar refractivity (Wildman–Crippen MR) is 56.8 cm³/mol. The second-order valence-corrected chi connectivity index (χ2v) is 3.19. The van der Waals surface area contributed by atoms with Gasteiger partial charge in [-0.15, -0.1) is 0 Å². The number of nitrogens with one attached hydrogen (secondary N) is 2. The molecule has 72 valence electrons. The maximum Gasteiger partial charge on any atom is 0.0292 e. The number of rotatable bonds is 5. The normalized spacial score (nSPS) is 12.8. The maximum absolute atomic E-state index is 3.44. The molecular formula is C11H18N2. The molecule has 13 heavy (non-hydrogen) atoms. The van der Waals surface area contributed by atoms with Crippen LogP contribution in [0.1, 0.15) is 18.5 Å². The third-order valence-corrected chi connectivity index (χ3v) is 2.13. The Morgan fingerprint density at radius 3 is 2.46 bits per heavy atom. The average molecular weight is 178 g/mol. The van der Waals surface area contributed by atoms with Crippen LogP contribution in [0, 0.1) is 0 Å². The van der Waals surface area contributed by atoms with E-state index in [-0.39, 0.29) is 0 Å². The van der Waals surface area contributed by atoms with E-state index < -0.39 is 0 Å². The first-order valence-corrected chi connectivity index (χ1v) is 4.77. The summed E-state index contributed by atoms with van der Waals surface area (Å²) in [4.78, 5) is 0. The van der Waals surface area contributed by atoms with Crippen LogP contribution in [0.3, 0.4) is 0 Å². The van der Waals surface area contributed by atoms with Gasteiger partial charge in [-0.1, -0.05) is 30.3 Å². The van der Waals surface area contributed by atoms with Gasteiger partial charge >= 0.3 is 0 Å². The summed E-state index contributed by atoms with van der Waals surface area (Å²) < 4.78 is 0. The number of hydrogen-bond donors (Lipinski definition) is 2. The predicted octanol–water partition coefficient (Wildman–Crippen LogP) is 1.56. The first-order chi connectivity index (χ1) is 6.34. The highest BCUT2D eigenvalue weighted by atomic mass is 14.9. The first-order valence-electron chi connectivity index (χ1n) is 4.77. The molecule has 2 heteroatoms. The van der Waals surface area contributed by atoms with Crippen LogP contribution in [0.25, 0.3) is 0 Å². The van der Waals surface area contributed by atoms with Crippen molar-refractivity contribution in [2.75, 3.05) is 20.1 Å². The Morgan fingerprint density at radius 2 is 1.85 bits per heavy atom. The minimum atomic E-state index is 0.439. The summed E-state index contributed by atoms with van der Waals surface area (Å²) >= 11 is 0. The van der Waals surface area contributed by atoms with E-state index >= 15 is 0 Å². The molecule has 0 aliphatic carbocycles. The summed E-state index contributed by atoms with van der Waals surface area (Å²) in [5.41, 5.74) is 1.35. The molecule has 0 fully saturated rings. The van der Waals surface area contributed by atoms with Crippen LogP contribution in [0.2, 0.25) is 0 Å². The van der Waals surface area contributed by atoms with E-state index in [2.05, 4.69) is 41.8 Å². The van der Waals surface area contributed by atoms with Gasteiger partial charge in [0.2, 0.25) is 0 Å². The van der Waals surface area contributed by atoms with E-state index in [4.69, 9.17) is 0 Å². The zero-order valence-corrected chi connectivity index (χ0v) is 8.38. The lowest BCUT2D eigenvalue weighted by molar-refractivity contribution is 0.562. The standard InChI is InChI=1S/C11H18N2/c1-10(13-9-8-12-2)11-6-4-3-5-7-11/h3-7,10,12-13H,8-9H2,1-2H3. The zero-order chi connectivity index (χ0) is 9.52. The van der Waals surface area contributed by atoms with Gasteiger partial charge in [0, 0.05) is 19.1 Å². The number of likely N-dealkylation sites (N-methyl/N-ethyl adjacent to an activating group) is 1. The molecule has 1 aromatic carbocycles. The summed E-state index contributed by atoms with van der Waals surface area (Å²) in [5.74, 6) is 0. The molecule has 1 atom stereocenters. The van der Waals surface area contributed by atoms with Crippen molar-refractivity contribution in [2.45, 2.75) is 13.0 Å². The Balaban J connectivity index is 2.35. The topological polar surface area (TPSA) is 24.1 Å². The summed E-state index contributed by atoms with van der Waals surface area (Å²) in [5, 5.41) is 6.55. The van der Waals surface area contributed by atoms with Crippen molar-refractivity contribution >= 4 is 0 Å². The molecule has 1 rings (SSSR count). The summed E-state index contributed by atoms with van der Waals surface area (Å²) in [7, 11) is 1.97. The fourth-order valence-corrected chi connectivity index (χ4v) is 1.27. The van der Waals surface area contributed by atoms with Crippen LogP contribution in [-0.2, 0) is 0 Å².